The summed E-state index contributed by atoms with van der Waals surface area (Å²) in [4.78, 5) is 34.3. The molecule has 0 unspecified atom stereocenters. The Bertz CT molecular complexity index is 3260. The molecule has 0 radical (unpaired) electrons. The van der Waals surface area contributed by atoms with Gasteiger partial charge in [-0.05, 0) is 72.0 Å². The van der Waals surface area contributed by atoms with Crippen molar-refractivity contribution in [1.82, 2.24) is 34.4 Å². The molecule has 2 N–H and O–H groups in total. The van der Waals surface area contributed by atoms with E-state index in [1.807, 2.05) is 0 Å². The molecule has 3 heterocycles. The van der Waals surface area contributed by atoms with E-state index >= 15 is 13.6 Å². The van der Waals surface area contributed by atoms with E-state index in [2.05, 4.69) is 20.2 Å². The predicted octanol–water partition coefficient (Wildman–Crippen LogP) is 7.70. The molecule has 1 amide bonds. The summed E-state index contributed by atoms with van der Waals surface area (Å²) in [6, 6.07) is 13.5. The molecule has 22 heteroatoms. The summed E-state index contributed by atoms with van der Waals surface area (Å²) in [7, 11) is 0.428. The van der Waals surface area contributed by atoms with Gasteiger partial charge in [-0.3, -0.25) is 28.2 Å². The lowest BCUT2D eigenvalue weighted by Crippen LogP contribution is -2.38. The number of nitrogens with one attached hydrogen (secondary N) is 2. The van der Waals surface area contributed by atoms with Crippen molar-refractivity contribution in [2.75, 3.05) is 25.2 Å². The fraction of sp³-hybridized carbons (Fsp3) is 0.279. The topological polar surface area (TPSA) is 164 Å². The van der Waals surface area contributed by atoms with Crippen LogP contribution < -0.4 is 25.1 Å². The van der Waals surface area contributed by atoms with Gasteiger partial charge in [-0.25, -0.2) is 31.0 Å². The molecule has 14 nitrogen and oxygen atoms in total. The highest BCUT2D eigenvalue weighted by atomic mass is 35.5. The smallest absolute Gasteiger partial charge is 0.293 e. The van der Waals surface area contributed by atoms with Gasteiger partial charge >= 0.3 is 0 Å². The number of nitrogens with zero attached hydrogens (tertiary/aromatic N) is 6. The molecule has 4 aromatic carbocycles. The van der Waals surface area contributed by atoms with Crippen molar-refractivity contribution in [1.29, 1.82) is 0 Å². The van der Waals surface area contributed by atoms with E-state index in [1.165, 1.54) is 44.1 Å². The van der Waals surface area contributed by atoms with Crippen LogP contribution in [0.25, 0.3) is 38.6 Å². The van der Waals surface area contributed by atoms with E-state index in [9.17, 15) is 30.8 Å². The van der Waals surface area contributed by atoms with Crippen LogP contribution in [0.1, 0.15) is 53.1 Å². The van der Waals surface area contributed by atoms with E-state index in [4.69, 9.17) is 26.1 Å². The second kappa shape index (κ2) is 15.8. The first-order valence-electron chi connectivity index (χ1n) is 19.7. The third-order valence-electron chi connectivity index (χ3n) is 11.5. The van der Waals surface area contributed by atoms with Crippen molar-refractivity contribution in [3.05, 3.63) is 122 Å². The Kier molecular flexibility index (Phi) is 10.6. The second-order valence-corrected chi connectivity index (χ2v) is 18.0. The van der Waals surface area contributed by atoms with Crippen LogP contribution in [0.4, 0.5) is 32.2 Å². The van der Waals surface area contributed by atoms with Gasteiger partial charge in [-0.15, -0.1) is 0 Å². The average Bonchev–Trinajstić information content (AvgIpc) is 3.78. The highest BCUT2D eigenvalue weighted by Gasteiger charge is 2.67. The second-order valence-electron chi connectivity index (χ2n) is 15.8. The molecule has 3 atom stereocenters. The van der Waals surface area contributed by atoms with E-state index in [0.29, 0.717) is 33.4 Å². The molecule has 0 saturated heterocycles. The number of methoxy groups -OCH3 is 2. The highest BCUT2D eigenvalue weighted by Crippen LogP contribution is 2.68. The number of benzene rings is 4. The molecule has 2 aliphatic rings. The molecule has 7 aromatic rings. The maximum atomic E-state index is 15.6. The number of halogens is 7. The van der Waals surface area contributed by atoms with E-state index < -0.39 is 87.7 Å². The van der Waals surface area contributed by atoms with E-state index in [-0.39, 0.29) is 61.7 Å². The van der Waals surface area contributed by atoms with Crippen LogP contribution in [-0.2, 0) is 40.8 Å². The number of ether oxygens (including phenoxy) is 2. The minimum absolute atomic E-state index is 0.000774. The number of amides is 1. The molecule has 338 valence electrons. The van der Waals surface area contributed by atoms with Gasteiger partial charge in [0.2, 0.25) is 15.9 Å². The zero-order valence-electron chi connectivity index (χ0n) is 34.5. The number of hydrogen-bond acceptors (Lipinski definition) is 9. The predicted molar refractivity (Wildman–Crippen MR) is 227 cm³/mol. The molecule has 0 aliphatic heterocycles. The SMILES string of the molecule is COc1cccc(OC)c1-c1ccc2c(=O)n(-c3ccc(Cl)c4c(NS(C)(=O)=O)nn(C)c34)c([C@H](Cc3cc(F)cc(F)c3)NC(=O)Cn3nc(C(F)F)c4c3C(F)(F)[C@@H]3C[C@H]43)nc2c1. The van der Waals surface area contributed by atoms with Crippen molar-refractivity contribution in [3.8, 4) is 28.3 Å². The standard InChI is InChI=1S/C43H35ClF6N8O6S/c1-56-37-29(11-10-26(44)35(37)40(54-56)55-65(4,61)62)58-41(52-27-15-20(8-9-23(27)42(58)60)33-30(63-2)6-5-7-31(33)64-3)28(14-19-12-21(45)16-22(46)13-19)51-32(59)18-57-38-34(36(53-57)39(47)48)24-17-25(24)43(38,49)50/h5-13,15-16,24-25,28,39H,14,17-18H2,1-4H3,(H,51,59)(H,54,55)/t24-,25+,28-/m0/s1. The first-order chi connectivity index (χ1) is 30.8. The Balaban J connectivity index is 1.28. The van der Waals surface area contributed by atoms with Crippen LogP contribution in [0.15, 0.2) is 71.5 Å². The zero-order chi connectivity index (χ0) is 46.4. The Morgan fingerprint density at radius 1 is 1.00 bits per heavy atom. The van der Waals surface area contributed by atoms with Crippen molar-refractivity contribution in [2.24, 2.45) is 13.0 Å². The summed E-state index contributed by atoms with van der Waals surface area (Å²) < 4.78 is 131. The fourth-order valence-electron chi connectivity index (χ4n) is 8.87. The molecule has 0 bridgehead atoms. The van der Waals surface area contributed by atoms with Gasteiger partial charge in [0.1, 0.15) is 46.9 Å². The largest absolute Gasteiger partial charge is 0.496 e. The maximum Gasteiger partial charge on any atom is 0.293 e. The van der Waals surface area contributed by atoms with Gasteiger partial charge in [-0.2, -0.15) is 19.0 Å². The molecule has 65 heavy (non-hydrogen) atoms. The normalized spacial score (nSPS) is 16.7. The molecular formula is C43H35ClF6N8O6S. The van der Waals surface area contributed by atoms with Gasteiger partial charge in [0, 0.05) is 31.0 Å². The molecular weight excluding hydrogens is 906 g/mol. The molecule has 1 saturated carbocycles. The first-order valence-corrected chi connectivity index (χ1v) is 22.0. The minimum Gasteiger partial charge on any atom is -0.496 e. The minimum atomic E-state index is -3.93. The van der Waals surface area contributed by atoms with Crippen molar-refractivity contribution >= 4 is 55.2 Å². The Morgan fingerprint density at radius 2 is 1.69 bits per heavy atom. The number of aromatic nitrogens is 6. The molecule has 2 aliphatic carbocycles. The van der Waals surface area contributed by atoms with Crippen LogP contribution in [-0.4, -0.2) is 63.9 Å². The molecule has 3 aromatic heterocycles. The summed E-state index contributed by atoms with van der Waals surface area (Å²) in [6.07, 6.45) is -2.82. The third kappa shape index (κ3) is 7.58. The van der Waals surface area contributed by atoms with Crippen molar-refractivity contribution in [3.63, 3.8) is 0 Å². The first kappa shape index (κ1) is 43.6. The summed E-state index contributed by atoms with van der Waals surface area (Å²) >= 11 is 6.65. The average molecular weight is 941 g/mol. The third-order valence-corrected chi connectivity index (χ3v) is 12.4. The van der Waals surface area contributed by atoms with E-state index in [1.54, 1.807) is 30.3 Å². The number of fused-ring (bicyclic) bond motifs is 5. The monoisotopic (exact) mass is 940 g/mol. The summed E-state index contributed by atoms with van der Waals surface area (Å²) in [6.45, 7) is -0.999. The van der Waals surface area contributed by atoms with Crippen LogP contribution in [0, 0.1) is 17.6 Å². The molecule has 0 spiro atoms. The number of anilines is 1. The number of carbonyl (C=O) groups excluding carboxylic acids is 1. The van der Waals surface area contributed by atoms with Crippen LogP contribution in [0.5, 0.6) is 11.5 Å². The quantitative estimate of drug-likeness (QED) is 0.110. The molecule has 1 fully saturated rings. The van der Waals surface area contributed by atoms with Gasteiger partial charge in [0.25, 0.3) is 17.9 Å². The summed E-state index contributed by atoms with van der Waals surface area (Å²) in [5, 5.41) is 10.8. The number of aryl methyl sites for hydroxylation is 1. The van der Waals surface area contributed by atoms with Gasteiger partial charge in [0.15, 0.2) is 5.82 Å². The lowest BCUT2D eigenvalue weighted by molar-refractivity contribution is -0.123. The number of hydrogen-bond donors (Lipinski definition) is 2. The number of sulfonamides is 1. The van der Waals surface area contributed by atoms with Crippen LogP contribution in [0.3, 0.4) is 0 Å². The van der Waals surface area contributed by atoms with Crippen LogP contribution >= 0.6 is 11.6 Å². The number of rotatable bonds is 13. The Hall–Kier alpha value is -6.61. The molecule has 9 rings (SSSR count). The van der Waals surface area contributed by atoms with Gasteiger partial charge < -0.3 is 14.8 Å². The van der Waals surface area contributed by atoms with Gasteiger partial charge in [0.05, 0.1) is 64.6 Å². The number of carbonyl (C=O) groups is 1. The summed E-state index contributed by atoms with van der Waals surface area (Å²) in [5.74, 6) is -8.34. The summed E-state index contributed by atoms with van der Waals surface area (Å²) in [5.41, 5.74) is -1.68. The van der Waals surface area contributed by atoms with E-state index in [0.717, 1.165) is 23.0 Å². The fourth-order valence-corrected chi connectivity index (χ4v) is 9.61. The lowest BCUT2D eigenvalue weighted by atomic mass is 10.0. The highest BCUT2D eigenvalue weighted by molar-refractivity contribution is 7.92. The van der Waals surface area contributed by atoms with Crippen molar-refractivity contribution < 1.29 is 49.0 Å². The van der Waals surface area contributed by atoms with Gasteiger partial charge in [-0.1, -0.05) is 23.7 Å². The maximum absolute atomic E-state index is 15.6. The Labute approximate surface area is 369 Å². The zero-order valence-corrected chi connectivity index (χ0v) is 36.0. The number of alkyl halides is 4. The van der Waals surface area contributed by atoms with Crippen molar-refractivity contribution in [2.45, 2.75) is 43.7 Å². The van der Waals surface area contributed by atoms with Crippen LogP contribution in [0.2, 0.25) is 5.02 Å². The lowest BCUT2D eigenvalue weighted by Gasteiger charge is -2.24. The Morgan fingerprint density at radius 3 is 2.34 bits per heavy atom.